The summed E-state index contributed by atoms with van der Waals surface area (Å²) >= 11 is 0. The molecule has 2 fully saturated rings. The predicted molar refractivity (Wildman–Crippen MR) is 193 cm³/mol. The molecule has 1 saturated carbocycles. The van der Waals surface area contributed by atoms with Crippen molar-refractivity contribution in [2.24, 2.45) is 23.2 Å². The zero-order valence-electron chi connectivity index (χ0n) is 30.7. The highest BCUT2D eigenvalue weighted by molar-refractivity contribution is 6.38. The van der Waals surface area contributed by atoms with Gasteiger partial charge >= 0.3 is 0 Å². The first-order valence-electron chi connectivity index (χ1n) is 18.0. The van der Waals surface area contributed by atoms with Gasteiger partial charge in [0.25, 0.3) is 11.8 Å². The number of likely N-dealkylation sites (tertiary alicyclic amines) is 1. The maximum Gasteiger partial charge on any atom is 0.289 e. The lowest BCUT2D eigenvalue weighted by Gasteiger charge is -2.38. The number of ketones is 1. The summed E-state index contributed by atoms with van der Waals surface area (Å²) in [5.74, 6) is -1.45. The van der Waals surface area contributed by atoms with Gasteiger partial charge < -0.3 is 26.2 Å². The van der Waals surface area contributed by atoms with Crippen LogP contribution in [0.3, 0.4) is 0 Å². The van der Waals surface area contributed by atoms with Crippen molar-refractivity contribution >= 4 is 35.3 Å². The second kappa shape index (κ2) is 19.1. The van der Waals surface area contributed by atoms with Crippen molar-refractivity contribution in [3.05, 3.63) is 36.9 Å². The van der Waals surface area contributed by atoms with E-state index in [9.17, 15) is 28.8 Å². The van der Waals surface area contributed by atoms with E-state index in [1.165, 1.54) is 29.6 Å². The zero-order valence-corrected chi connectivity index (χ0v) is 30.7. The number of rotatable bonds is 16. The van der Waals surface area contributed by atoms with Crippen LogP contribution in [0.25, 0.3) is 0 Å². The van der Waals surface area contributed by atoms with Crippen LogP contribution in [-0.2, 0) is 24.0 Å². The zero-order chi connectivity index (χ0) is 37.7. The minimum absolute atomic E-state index is 0.0433. The van der Waals surface area contributed by atoms with E-state index in [-0.39, 0.29) is 49.4 Å². The lowest BCUT2D eigenvalue weighted by atomic mass is 9.82. The number of nitrogens with one attached hydrogen (secondary N) is 4. The van der Waals surface area contributed by atoms with Gasteiger partial charge in [-0.2, -0.15) is 0 Å². The molecule has 278 valence electrons. The molecule has 1 saturated heterocycles. The summed E-state index contributed by atoms with van der Waals surface area (Å²) in [6.07, 6.45) is 16.8. The minimum Gasteiger partial charge on any atom is -0.346 e. The Bertz CT molecular complexity index is 1440. The lowest BCUT2D eigenvalue weighted by Crippen LogP contribution is -2.62. The number of carbonyl (C=O) groups is 6. The Balaban J connectivity index is 1.91. The highest BCUT2D eigenvalue weighted by Gasteiger charge is 2.47. The molecule has 13 nitrogen and oxygen atoms in total. The molecule has 0 radical (unpaired) electrons. The van der Waals surface area contributed by atoms with E-state index in [4.69, 9.17) is 6.42 Å². The average Bonchev–Trinajstić information content (AvgIpc) is 3.52. The predicted octanol–water partition coefficient (Wildman–Crippen LogP) is 2.72. The molecule has 0 bridgehead atoms. The maximum absolute atomic E-state index is 14.6. The molecule has 13 heteroatoms. The highest BCUT2D eigenvalue weighted by Crippen LogP contribution is 2.34. The second-order valence-electron chi connectivity index (χ2n) is 15.1. The van der Waals surface area contributed by atoms with Crippen LogP contribution in [0.1, 0.15) is 103 Å². The van der Waals surface area contributed by atoms with Gasteiger partial charge in [-0.1, -0.05) is 60.0 Å². The first-order valence-corrected chi connectivity index (χ1v) is 18.0. The number of nitrogens with zero attached hydrogens (tertiary/aromatic N) is 3. The molecule has 2 aliphatic rings. The van der Waals surface area contributed by atoms with Gasteiger partial charge in [0, 0.05) is 31.9 Å². The average molecular weight is 706 g/mol. The fourth-order valence-electron chi connectivity index (χ4n) is 7.02. The van der Waals surface area contributed by atoms with Gasteiger partial charge in [-0.25, -0.2) is 4.98 Å². The van der Waals surface area contributed by atoms with Crippen LogP contribution in [0, 0.1) is 35.5 Å². The largest absolute Gasteiger partial charge is 0.346 e. The molecular weight excluding hydrogens is 650 g/mol. The Labute approximate surface area is 302 Å². The Morgan fingerprint density at radius 3 is 2.33 bits per heavy atom. The Hall–Kier alpha value is -4.60. The first-order chi connectivity index (χ1) is 24.2. The topological polar surface area (TPSA) is 180 Å². The van der Waals surface area contributed by atoms with E-state index in [2.05, 4.69) is 43.7 Å². The molecule has 0 spiro atoms. The molecule has 5 amide bonds. The molecular formula is C38H55N7O6. The van der Waals surface area contributed by atoms with Crippen LogP contribution in [-0.4, -0.2) is 87.4 Å². The van der Waals surface area contributed by atoms with Gasteiger partial charge in [-0.15, -0.1) is 18.9 Å². The third-order valence-electron chi connectivity index (χ3n) is 9.58. The summed E-state index contributed by atoms with van der Waals surface area (Å²) in [6.45, 7) is 13.4. The highest BCUT2D eigenvalue weighted by atomic mass is 16.2. The number of aromatic nitrogens is 2. The smallest absolute Gasteiger partial charge is 0.289 e. The molecule has 2 heterocycles. The summed E-state index contributed by atoms with van der Waals surface area (Å²) in [7, 11) is 0. The molecule has 0 aromatic carbocycles. The summed E-state index contributed by atoms with van der Waals surface area (Å²) < 4.78 is 0. The van der Waals surface area contributed by atoms with Crippen molar-refractivity contribution in [2.75, 3.05) is 13.1 Å². The Morgan fingerprint density at radius 1 is 1.04 bits per heavy atom. The number of Topliss-reactive ketones (excluding diaryl/α,β-unsaturated/α-hetero) is 1. The first kappa shape index (κ1) is 40.8. The van der Waals surface area contributed by atoms with Crippen LogP contribution in [0.2, 0.25) is 0 Å². The fourth-order valence-corrected chi connectivity index (χ4v) is 7.02. The van der Waals surface area contributed by atoms with Crippen molar-refractivity contribution < 1.29 is 28.8 Å². The number of terminal acetylenes is 1. The normalized spacial score (nSPS) is 19.6. The summed E-state index contributed by atoms with van der Waals surface area (Å²) in [5.41, 5.74) is -0.710. The Kier molecular flexibility index (Phi) is 15.3. The van der Waals surface area contributed by atoms with Crippen molar-refractivity contribution in [2.45, 2.75) is 117 Å². The second-order valence-corrected chi connectivity index (χ2v) is 15.1. The third kappa shape index (κ3) is 11.5. The van der Waals surface area contributed by atoms with Crippen LogP contribution in [0.5, 0.6) is 0 Å². The molecule has 3 rings (SSSR count). The van der Waals surface area contributed by atoms with Gasteiger partial charge in [-0.05, 0) is 55.3 Å². The lowest BCUT2D eigenvalue weighted by molar-refractivity contribution is -0.146. The molecule has 1 aromatic rings. The van der Waals surface area contributed by atoms with Crippen LogP contribution < -0.4 is 21.3 Å². The molecule has 5 atom stereocenters. The van der Waals surface area contributed by atoms with E-state index < -0.39 is 64.9 Å². The van der Waals surface area contributed by atoms with Gasteiger partial charge in [0.15, 0.2) is 0 Å². The fraction of sp³-hybridized carbons (Fsp3) is 0.632. The Morgan fingerprint density at radius 2 is 1.75 bits per heavy atom. The molecule has 1 aliphatic carbocycles. The van der Waals surface area contributed by atoms with E-state index in [1.807, 2.05) is 34.6 Å². The molecule has 51 heavy (non-hydrogen) atoms. The quantitative estimate of drug-likeness (QED) is 0.115. The van der Waals surface area contributed by atoms with Crippen LogP contribution in [0.4, 0.5) is 0 Å². The number of hydrogen-bond donors (Lipinski definition) is 4. The van der Waals surface area contributed by atoms with Crippen molar-refractivity contribution in [3.8, 4) is 12.3 Å². The van der Waals surface area contributed by atoms with Gasteiger partial charge in [0.1, 0.15) is 23.8 Å². The summed E-state index contributed by atoms with van der Waals surface area (Å²) in [6, 6.07) is -4.12. The van der Waals surface area contributed by atoms with E-state index in [0.717, 1.165) is 32.1 Å². The van der Waals surface area contributed by atoms with Crippen molar-refractivity contribution in [1.29, 1.82) is 0 Å². The summed E-state index contributed by atoms with van der Waals surface area (Å²) in [4.78, 5) is 91.3. The van der Waals surface area contributed by atoms with Gasteiger partial charge in [-0.3, -0.25) is 33.8 Å². The van der Waals surface area contributed by atoms with E-state index >= 15 is 0 Å². The number of carbonyl (C=O) groups excluding carboxylic acids is 6. The molecule has 1 aromatic heterocycles. The molecule has 1 unspecified atom stereocenters. The standard InChI is InChI=1S/C38H55N7O6/c1-8-10-16-27(31(46)36(50)41-18-9-2)42-35(49)30-26(22-24(3)4)17-21-45(30)37(51)32(38(5,6)7)44-34(48)29(25-14-12-11-13-15-25)43-33(47)28-23-39-19-20-40-28/h1,9,19-20,23-27,29-30,32H,2,10-18,21-22H2,3-7H3,(H,41,50)(H,42,49)(H,43,47)(H,44,48)/t26-,27?,29+,30+,32-/m1/s1. The van der Waals surface area contributed by atoms with Crippen LogP contribution >= 0.6 is 0 Å². The van der Waals surface area contributed by atoms with Crippen molar-refractivity contribution in [1.82, 2.24) is 36.1 Å². The maximum atomic E-state index is 14.6. The monoisotopic (exact) mass is 705 g/mol. The number of amides is 5. The molecule has 4 N–H and O–H groups in total. The minimum atomic E-state index is -1.19. The third-order valence-corrected chi connectivity index (χ3v) is 9.58. The molecule has 1 aliphatic heterocycles. The summed E-state index contributed by atoms with van der Waals surface area (Å²) in [5, 5.41) is 11.0. The van der Waals surface area contributed by atoms with Gasteiger partial charge in [0.05, 0.1) is 12.2 Å². The van der Waals surface area contributed by atoms with Crippen molar-refractivity contribution in [3.63, 3.8) is 0 Å². The van der Waals surface area contributed by atoms with Crippen LogP contribution in [0.15, 0.2) is 31.2 Å². The SMILES string of the molecule is C#CCCC(NC(=O)[C@@H]1[C@@H](CC(C)C)CCN1C(=O)[C@@H](NC(=O)[C@@H](NC(=O)c1cnccn1)C1CCCCC1)C(C)(C)C)C(=O)C(=O)NCC=C. The number of hydrogen-bond acceptors (Lipinski definition) is 8. The van der Waals surface area contributed by atoms with Gasteiger partial charge in [0.2, 0.25) is 23.5 Å². The van der Waals surface area contributed by atoms with E-state index in [0.29, 0.717) is 12.8 Å². The van der Waals surface area contributed by atoms with E-state index in [1.54, 1.807) is 0 Å².